The Morgan fingerprint density at radius 2 is 2.15 bits per heavy atom. The van der Waals surface area contributed by atoms with Crippen LogP contribution in [0, 0.1) is 5.41 Å². The molecule has 1 aliphatic carbocycles. The Balaban J connectivity index is 2.03. The van der Waals surface area contributed by atoms with Gasteiger partial charge in [0.25, 0.3) is 5.91 Å². The van der Waals surface area contributed by atoms with E-state index in [4.69, 9.17) is 0 Å². The molecule has 106 valence electrons. The fourth-order valence-corrected chi connectivity index (χ4v) is 2.55. The number of amides is 1. The average molecular weight is 337 g/mol. The molecule has 1 aromatic carbocycles. The number of Topliss-reactive ketones (excluding diaryl/α,β-unsaturated/α-hetero) is 1. The molecule has 0 aliphatic heterocycles. The zero-order valence-corrected chi connectivity index (χ0v) is 13.2. The summed E-state index contributed by atoms with van der Waals surface area (Å²) in [7, 11) is 0. The first-order valence-electron chi connectivity index (χ1n) is 6.53. The molecular formula is C15H17BrN2O2. The van der Waals surface area contributed by atoms with Gasteiger partial charge in [0.2, 0.25) is 0 Å². The van der Waals surface area contributed by atoms with Gasteiger partial charge in [0.05, 0.1) is 0 Å². The number of benzene rings is 1. The fourth-order valence-electron chi connectivity index (χ4n) is 2.15. The summed E-state index contributed by atoms with van der Waals surface area (Å²) >= 11 is 3.31. The van der Waals surface area contributed by atoms with Crippen molar-refractivity contribution in [3.63, 3.8) is 0 Å². The van der Waals surface area contributed by atoms with Crippen molar-refractivity contribution < 1.29 is 9.59 Å². The topological polar surface area (TPSA) is 58.5 Å². The molecule has 4 nitrogen and oxygen atoms in total. The summed E-state index contributed by atoms with van der Waals surface area (Å²) in [5.41, 5.74) is 3.47. The molecule has 1 saturated carbocycles. The maximum atomic E-state index is 11.9. The molecule has 5 heteroatoms. The lowest BCUT2D eigenvalue weighted by Crippen LogP contribution is -2.32. The number of ketones is 1. The van der Waals surface area contributed by atoms with Crippen molar-refractivity contribution in [3.8, 4) is 0 Å². The summed E-state index contributed by atoms with van der Waals surface area (Å²) in [5.74, 6) is -0.285. The first kappa shape index (κ1) is 14.9. The highest BCUT2D eigenvalue weighted by molar-refractivity contribution is 9.10. The summed E-state index contributed by atoms with van der Waals surface area (Å²) in [6.07, 6.45) is 2.01. The van der Waals surface area contributed by atoms with E-state index >= 15 is 0 Å². The van der Waals surface area contributed by atoms with Crippen LogP contribution >= 0.6 is 15.9 Å². The monoisotopic (exact) mass is 336 g/mol. The largest absolute Gasteiger partial charge is 0.293 e. The van der Waals surface area contributed by atoms with Gasteiger partial charge in [-0.15, -0.1) is 0 Å². The third-order valence-corrected chi connectivity index (χ3v) is 3.87. The predicted molar refractivity (Wildman–Crippen MR) is 81.7 cm³/mol. The molecule has 2 rings (SSSR count). The Labute approximate surface area is 126 Å². The molecule has 1 aliphatic rings. The van der Waals surface area contributed by atoms with Crippen LogP contribution in [0.2, 0.25) is 0 Å². The van der Waals surface area contributed by atoms with Crippen molar-refractivity contribution in [3.05, 3.63) is 34.3 Å². The van der Waals surface area contributed by atoms with Crippen molar-refractivity contribution in [2.45, 2.75) is 33.1 Å². The van der Waals surface area contributed by atoms with Crippen molar-refractivity contribution in [2.24, 2.45) is 10.5 Å². The van der Waals surface area contributed by atoms with Gasteiger partial charge in [0.1, 0.15) is 5.71 Å². The van der Waals surface area contributed by atoms with E-state index in [0.717, 1.165) is 10.9 Å². The molecule has 1 N–H and O–H groups in total. The van der Waals surface area contributed by atoms with Crippen LogP contribution in [-0.2, 0) is 4.79 Å². The van der Waals surface area contributed by atoms with Crippen molar-refractivity contribution in [1.82, 2.24) is 5.43 Å². The van der Waals surface area contributed by atoms with Crippen LogP contribution in [-0.4, -0.2) is 17.4 Å². The van der Waals surface area contributed by atoms with Crippen LogP contribution in [0.15, 0.2) is 33.8 Å². The molecule has 0 atom stereocenters. The third-order valence-electron chi connectivity index (χ3n) is 3.38. The van der Waals surface area contributed by atoms with Crippen LogP contribution in [0.3, 0.4) is 0 Å². The van der Waals surface area contributed by atoms with Gasteiger partial charge in [-0.05, 0) is 36.5 Å². The molecule has 0 saturated heterocycles. The SMILES string of the molecule is CC1(C)CCC(=NNC(=O)c2cccc(Br)c2)C(=O)C1. The minimum absolute atomic E-state index is 0.0239. The molecule has 0 unspecified atom stereocenters. The fraction of sp³-hybridized carbons (Fsp3) is 0.400. The van der Waals surface area contributed by atoms with Gasteiger partial charge in [-0.1, -0.05) is 35.8 Å². The first-order chi connectivity index (χ1) is 9.37. The number of carbonyl (C=O) groups is 2. The van der Waals surface area contributed by atoms with Crippen molar-refractivity contribution in [2.75, 3.05) is 0 Å². The van der Waals surface area contributed by atoms with E-state index in [0.29, 0.717) is 24.1 Å². The highest BCUT2D eigenvalue weighted by Crippen LogP contribution is 2.31. The Morgan fingerprint density at radius 1 is 1.40 bits per heavy atom. The quantitative estimate of drug-likeness (QED) is 0.842. The predicted octanol–water partition coefficient (Wildman–Crippen LogP) is 3.31. The van der Waals surface area contributed by atoms with Crippen molar-refractivity contribution in [1.29, 1.82) is 0 Å². The van der Waals surface area contributed by atoms with Gasteiger partial charge in [0, 0.05) is 16.5 Å². The lowest BCUT2D eigenvalue weighted by atomic mass is 9.76. The smallest absolute Gasteiger partial charge is 0.271 e. The summed E-state index contributed by atoms with van der Waals surface area (Å²) in [6.45, 7) is 4.14. The normalized spacial score (nSPS) is 19.9. The number of carbonyl (C=O) groups excluding carboxylic acids is 2. The van der Waals surface area contributed by atoms with Crippen LogP contribution in [0.5, 0.6) is 0 Å². The van der Waals surface area contributed by atoms with E-state index in [1.54, 1.807) is 18.2 Å². The molecule has 0 heterocycles. The zero-order chi connectivity index (χ0) is 14.8. The Hall–Kier alpha value is -1.49. The number of halogens is 1. The number of hydrogen-bond acceptors (Lipinski definition) is 3. The molecular weight excluding hydrogens is 320 g/mol. The van der Waals surface area contributed by atoms with Crippen LogP contribution in [0.1, 0.15) is 43.5 Å². The van der Waals surface area contributed by atoms with E-state index < -0.39 is 0 Å². The second-order valence-corrected chi connectivity index (χ2v) is 6.69. The molecule has 0 spiro atoms. The van der Waals surface area contributed by atoms with E-state index in [2.05, 4.69) is 40.3 Å². The lowest BCUT2D eigenvalue weighted by molar-refractivity contribution is -0.115. The Kier molecular flexibility index (Phi) is 4.38. The third kappa shape index (κ3) is 3.76. The van der Waals surface area contributed by atoms with Crippen LogP contribution in [0.4, 0.5) is 0 Å². The molecule has 1 fully saturated rings. The number of hydrazone groups is 1. The highest BCUT2D eigenvalue weighted by atomic mass is 79.9. The summed E-state index contributed by atoms with van der Waals surface area (Å²) in [4.78, 5) is 23.8. The molecule has 0 aromatic heterocycles. The van der Waals surface area contributed by atoms with Gasteiger partial charge >= 0.3 is 0 Å². The van der Waals surface area contributed by atoms with Gasteiger partial charge in [-0.2, -0.15) is 5.10 Å². The average Bonchev–Trinajstić information content (AvgIpc) is 2.36. The van der Waals surface area contributed by atoms with Gasteiger partial charge in [0.15, 0.2) is 5.78 Å². The summed E-state index contributed by atoms with van der Waals surface area (Å²) in [5, 5.41) is 3.99. The minimum atomic E-state index is -0.309. The molecule has 1 aromatic rings. The molecule has 1 amide bonds. The summed E-state index contributed by atoms with van der Waals surface area (Å²) in [6, 6.07) is 7.03. The summed E-state index contributed by atoms with van der Waals surface area (Å²) < 4.78 is 0.827. The van der Waals surface area contributed by atoms with E-state index in [-0.39, 0.29) is 17.1 Å². The zero-order valence-electron chi connectivity index (χ0n) is 11.6. The Bertz CT molecular complexity index is 579. The number of nitrogens with one attached hydrogen (secondary N) is 1. The lowest BCUT2D eigenvalue weighted by Gasteiger charge is -2.28. The van der Waals surface area contributed by atoms with Gasteiger partial charge < -0.3 is 0 Å². The minimum Gasteiger partial charge on any atom is -0.293 e. The number of hydrogen-bond donors (Lipinski definition) is 1. The van der Waals surface area contributed by atoms with Crippen LogP contribution < -0.4 is 5.43 Å². The molecule has 0 radical (unpaired) electrons. The molecule has 0 bridgehead atoms. The van der Waals surface area contributed by atoms with Crippen LogP contribution in [0.25, 0.3) is 0 Å². The van der Waals surface area contributed by atoms with Gasteiger partial charge in [-0.3, -0.25) is 9.59 Å². The molecule has 20 heavy (non-hydrogen) atoms. The maximum absolute atomic E-state index is 11.9. The number of rotatable bonds is 2. The van der Waals surface area contributed by atoms with E-state index in [9.17, 15) is 9.59 Å². The number of nitrogens with zero attached hydrogens (tertiary/aromatic N) is 1. The first-order valence-corrected chi connectivity index (χ1v) is 7.32. The highest BCUT2D eigenvalue weighted by Gasteiger charge is 2.30. The second kappa shape index (κ2) is 5.87. The van der Waals surface area contributed by atoms with E-state index in [1.165, 1.54) is 0 Å². The van der Waals surface area contributed by atoms with E-state index in [1.807, 2.05) is 6.07 Å². The van der Waals surface area contributed by atoms with Gasteiger partial charge in [-0.25, -0.2) is 5.43 Å². The Morgan fingerprint density at radius 3 is 2.80 bits per heavy atom. The standard InChI is InChI=1S/C15H17BrN2O2/c1-15(2)7-6-12(13(19)9-15)17-18-14(20)10-4-3-5-11(16)8-10/h3-5,8H,6-7,9H2,1-2H3,(H,18,20). The second-order valence-electron chi connectivity index (χ2n) is 5.77. The van der Waals surface area contributed by atoms with Crippen molar-refractivity contribution >= 4 is 33.3 Å². The maximum Gasteiger partial charge on any atom is 0.271 e.